The average molecular weight is 388 g/mol. The molecule has 2 aromatic rings. The second-order valence-corrected chi connectivity index (χ2v) is 6.11. The normalized spacial score (nSPS) is 10.2. The second-order valence-electron chi connectivity index (χ2n) is 4.83. The molecule has 0 fully saturated rings. The summed E-state index contributed by atoms with van der Waals surface area (Å²) in [5.41, 5.74) is 0.984. The minimum absolute atomic E-state index is 0.202. The summed E-state index contributed by atoms with van der Waals surface area (Å²) in [5, 5.41) is 6.22. The first-order chi connectivity index (χ1) is 11.3. The van der Waals surface area contributed by atoms with Gasteiger partial charge in [0.15, 0.2) is 0 Å². The molecule has 126 valence electrons. The number of anilines is 2. The summed E-state index contributed by atoms with van der Waals surface area (Å²) >= 11 is 17.9. The molecule has 2 amide bonds. The standard InChI is InChI=1S/C16H13Cl3N2O3/c1-8(22)20-14-7-15(24-2)12(6-13(14)19)16(23)21-11-4-9(17)3-10(18)5-11/h3-7H,1-2H3,(H,20,22)(H,21,23). The molecular weight excluding hydrogens is 375 g/mol. The predicted molar refractivity (Wildman–Crippen MR) is 96.7 cm³/mol. The number of carbonyl (C=O) groups is 2. The summed E-state index contributed by atoms with van der Waals surface area (Å²) in [6.07, 6.45) is 0. The van der Waals surface area contributed by atoms with Gasteiger partial charge in [0.1, 0.15) is 5.75 Å². The number of benzene rings is 2. The highest BCUT2D eigenvalue weighted by Crippen LogP contribution is 2.32. The predicted octanol–water partition coefficient (Wildman–Crippen LogP) is 4.87. The van der Waals surface area contributed by atoms with Gasteiger partial charge in [0.2, 0.25) is 5.91 Å². The maximum atomic E-state index is 12.5. The summed E-state index contributed by atoms with van der Waals surface area (Å²) in [5.74, 6) is -0.486. The molecule has 0 unspecified atom stereocenters. The van der Waals surface area contributed by atoms with Crippen LogP contribution >= 0.6 is 34.8 Å². The Labute approximate surface area is 153 Å². The highest BCUT2D eigenvalue weighted by Gasteiger charge is 2.17. The van der Waals surface area contributed by atoms with Crippen LogP contribution in [0.3, 0.4) is 0 Å². The molecule has 0 aliphatic carbocycles. The molecular formula is C16H13Cl3N2O3. The van der Waals surface area contributed by atoms with Crippen LogP contribution in [0.5, 0.6) is 5.75 Å². The van der Waals surface area contributed by atoms with E-state index in [0.29, 0.717) is 21.4 Å². The van der Waals surface area contributed by atoms with E-state index in [1.807, 2.05) is 0 Å². The third-order valence-corrected chi connectivity index (χ3v) is 3.71. The first kappa shape index (κ1) is 18.4. The minimum atomic E-state index is -0.457. The van der Waals surface area contributed by atoms with Gasteiger partial charge in [-0.1, -0.05) is 34.8 Å². The van der Waals surface area contributed by atoms with Crippen molar-refractivity contribution in [2.24, 2.45) is 0 Å². The zero-order valence-corrected chi connectivity index (χ0v) is 15.0. The SMILES string of the molecule is COc1cc(NC(C)=O)c(Cl)cc1C(=O)Nc1cc(Cl)cc(Cl)c1. The molecule has 0 radical (unpaired) electrons. The van der Waals surface area contributed by atoms with Crippen molar-refractivity contribution >= 4 is 58.0 Å². The second kappa shape index (κ2) is 7.75. The van der Waals surface area contributed by atoms with Gasteiger partial charge in [-0.2, -0.15) is 0 Å². The summed E-state index contributed by atoms with van der Waals surface area (Å²) in [7, 11) is 1.41. The highest BCUT2D eigenvalue weighted by atomic mass is 35.5. The molecule has 0 bridgehead atoms. The molecule has 0 heterocycles. The van der Waals surface area contributed by atoms with Crippen LogP contribution in [-0.2, 0) is 4.79 Å². The highest BCUT2D eigenvalue weighted by molar-refractivity contribution is 6.35. The largest absolute Gasteiger partial charge is 0.496 e. The van der Waals surface area contributed by atoms with Gasteiger partial charge in [0.05, 0.1) is 23.4 Å². The maximum absolute atomic E-state index is 12.5. The maximum Gasteiger partial charge on any atom is 0.259 e. The van der Waals surface area contributed by atoms with Crippen molar-refractivity contribution in [2.75, 3.05) is 17.7 Å². The fourth-order valence-electron chi connectivity index (χ4n) is 2.01. The lowest BCUT2D eigenvalue weighted by atomic mass is 10.1. The molecule has 0 saturated carbocycles. The zero-order chi connectivity index (χ0) is 17.9. The Balaban J connectivity index is 2.34. The van der Waals surface area contributed by atoms with Crippen molar-refractivity contribution in [3.63, 3.8) is 0 Å². The van der Waals surface area contributed by atoms with Gasteiger partial charge in [-0.15, -0.1) is 0 Å². The van der Waals surface area contributed by atoms with Gasteiger partial charge in [0, 0.05) is 28.7 Å². The lowest BCUT2D eigenvalue weighted by molar-refractivity contribution is -0.114. The number of carbonyl (C=O) groups excluding carboxylic acids is 2. The van der Waals surface area contributed by atoms with E-state index in [-0.39, 0.29) is 22.2 Å². The van der Waals surface area contributed by atoms with Crippen LogP contribution in [0, 0.1) is 0 Å². The van der Waals surface area contributed by atoms with Gasteiger partial charge >= 0.3 is 0 Å². The van der Waals surface area contributed by atoms with E-state index in [2.05, 4.69) is 10.6 Å². The van der Waals surface area contributed by atoms with E-state index in [4.69, 9.17) is 39.5 Å². The lowest BCUT2D eigenvalue weighted by Crippen LogP contribution is -2.14. The topological polar surface area (TPSA) is 67.4 Å². The van der Waals surface area contributed by atoms with Crippen LogP contribution in [0.4, 0.5) is 11.4 Å². The molecule has 2 rings (SSSR count). The summed E-state index contributed by atoms with van der Waals surface area (Å²) in [4.78, 5) is 23.7. The van der Waals surface area contributed by atoms with Gasteiger partial charge in [0.25, 0.3) is 5.91 Å². The molecule has 8 heteroatoms. The van der Waals surface area contributed by atoms with Gasteiger partial charge in [-0.3, -0.25) is 9.59 Å². The Morgan fingerprint density at radius 1 is 0.958 bits per heavy atom. The summed E-state index contributed by atoms with van der Waals surface area (Å²) in [6.45, 7) is 1.35. The molecule has 2 aromatic carbocycles. The minimum Gasteiger partial charge on any atom is -0.496 e. The quantitative estimate of drug-likeness (QED) is 0.787. The van der Waals surface area contributed by atoms with Crippen LogP contribution in [0.25, 0.3) is 0 Å². The molecule has 0 aliphatic rings. The van der Waals surface area contributed by atoms with E-state index < -0.39 is 5.91 Å². The molecule has 0 atom stereocenters. The number of rotatable bonds is 4. The number of ether oxygens (including phenoxy) is 1. The smallest absolute Gasteiger partial charge is 0.259 e. The third-order valence-electron chi connectivity index (χ3n) is 2.96. The van der Waals surface area contributed by atoms with Crippen molar-refractivity contribution in [1.82, 2.24) is 0 Å². The van der Waals surface area contributed by atoms with Gasteiger partial charge < -0.3 is 15.4 Å². The molecule has 0 spiro atoms. The van der Waals surface area contributed by atoms with E-state index in [9.17, 15) is 9.59 Å². The first-order valence-electron chi connectivity index (χ1n) is 6.72. The number of nitrogens with one attached hydrogen (secondary N) is 2. The monoisotopic (exact) mass is 386 g/mol. The Morgan fingerprint density at radius 2 is 1.58 bits per heavy atom. The van der Waals surface area contributed by atoms with Crippen LogP contribution in [0.2, 0.25) is 15.1 Å². The number of halogens is 3. The van der Waals surface area contributed by atoms with Crippen molar-refractivity contribution < 1.29 is 14.3 Å². The van der Waals surface area contributed by atoms with Crippen LogP contribution in [0.1, 0.15) is 17.3 Å². The van der Waals surface area contributed by atoms with Crippen molar-refractivity contribution in [1.29, 1.82) is 0 Å². The zero-order valence-electron chi connectivity index (χ0n) is 12.7. The molecule has 0 aromatic heterocycles. The lowest BCUT2D eigenvalue weighted by Gasteiger charge is -2.13. The summed E-state index contributed by atoms with van der Waals surface area (Å²) in [6, 6.07) is 7.56. The molecule has 5 nitrogen and oxygen atoms in total. The van der Waals surface area contributed by atoms with Crippen LogP contribution in [0.15, 0.2) is 30.3 Å². The van der Waals surface area contributed by atoms with Crippen molar-refractivity contribution in [2.45, 2.75) is 6.92 Å². The average Bonchev–Trinajstić information content (AvgIpc) is 2.47. The van der Waals surface area contributed by atoms with Gasteiger partial charge in [-0.05, 0) is 24.3 Å². The van der Waals surface area contributed by atoms with Crippen LogP contribution in [-0.4, -0.2) is 18.9 Å². The Bertz CT molecular complexity index is 789. The van der Waals surface area contributed by atoms with Gasteiger partial charge in [-0.25, -0.2) is 0 Å². The molecule has 0 aliphatic heterocycles. The van der Waals surface area contributed by atoms with E-state index in [0.717, 1.165) is 0 Å². The number of hydrogen-bond acceptors (Lipinski definition) is 3. The fraction of sp³-hybridized carbons (Fsp3) is 0.125. The third kappa shape index (κ3) is 4.54. The molecule has 2 N–H and O–H groups in total. The number of methoxy groups -OCH3 is 1. The van der Waals surface area contributed by atoms with Crippen molar-refractivity contribution in [3.05, 3.63) is 51.0 Å². The Hall–Kier alpha value is -1.95. The molecule has 0 saturated heterocycles. The summed E-state index contributed by atoms with van der Waals surface area (Å²) < 4.78 is 5.21. The Kier molecular flexibility index (Phi) is 5.94. The van der Waals surface area contributed by atoms with Crippen LogP contribution < -0.4 is 15.4 Å². The number of hydrogen-bond donors (Lipinski definition) is 2. The fourth-order valence-corrected chi connectivity index (χ4v) is 2.75. The van der Waals surface area contributed by atoms with E-state index >= 15 is 0 Å². The molecule has 24 heavy (non-hydrogen) atoms. The van der Waals surface area contributed by atoms with Crippen molar-refractivity contribution in [3.8, 4) is 5.75 Å². The first-order valence-corrected chi connectivity index (χ1v) is 7.86. The number of amides is 2. The Morgan fingerprint density at radius 3 is 2.12 bits per heavy atom. The van der Waals surface area contributed by atoms with E-state index in [1.54, 1.807) is 18.2 Å². The van der Waals surface area contributed by atoms with E-state index in [1.165, 1.54) is 26.2 Å².